The second-order valence-corrected chi connectivity index (χ2v) is 2.78. The van der Waals surface area contributed by atoms with Crippen LogP contribution in [0.25, 0.3) is 0 Å². The number of allylic oxidation sites excluding steroid dienone is 5. The third kappa shape index (κ3) is 1.91. The van der Waals surface area contributed by atoms with Crippen LogP contribution < -0.4 is 0 Å². The Morgan fingerprint density at radius 1 is 1.30 bits per heavy atom. The van der Waals surface area contributed by atoms with Crippen molar-refractivity contribution in [2.75, 3.05) is 0 Å². The predicted molar refractivity (Wildman–Crippen MR) is 45.0 cm³/mol. The third-order valence-corrected chi connectivity index (χ3v) is 1.47. The molecule has 1 rings (SSSR count). The SMILES string of the molecule is CC1=C=C(Cl)C=C(C)C=C1. The highest BCUT2D eigenvalue weighted by molar-refractivity contribution is 6.31. The van der Waals surface area contributed by atoms with Crippen LogP contribution in [0.4, 0.5) is 0 Å². The summed E-state index contributed by atoms with van der Waals surface area (Å²) in [5, 5.41) is 0.681. The molecule has 52 valence electrons. The van der Waals surface area contributed by atoms with Gasteiger partial charge in [0.25, 0.3) is 0 Å². The minimum absolute atomic E-state index is 0.681. The van der Waals surface area contributed by atoms with Gasteiger partial charge in [0.05, 0.1) is 5.03 Å². The van der Waals surface area contributed by atoms with Crippen molar-refractivity contribution in [1.29, 1.82) is 0 Å². The average Bonchev–Trinajstić information content (AvgIpc) is 1.93. The maximum absolute atomic E-state index is 5.78. The fourth-order valence-corrected chi connectivity index (χ4v) is 1.09. The van der Waals surface area contributed by atoms with Gasteiger partial charge in [0.1, 0.15) is 0 Å². The van der Waals surface area contributed by atoms with E-state index < -0.39 is 0 Å². The highest BCUT2D eigenvalue weighted by Gasteiger charge is 1.91. The van der Waals surface area contributed by atoms with E-state index >= 15 is 0 Å². The van der Waals surface area contributed by atoms with Gasteiger partial charge in [0, 0.05) is 0 Å². The molecule has 0 nitrogen and oxygen atoms in total. The zero-order valence-electron chi connectivity index (χ0n) is 6.11. The Bertz CT molecular complexity index is 260. The van der Waals surface area contributed by atoms with Gasteiger partial charge >= 0.3 is 0 Å². The molecule has 0 bridgehead atoms. The molecule has 0 aromatic heterocycles. The Morgan fingerprint density at radius 2 is 2.00 bits per heavy atom. The van der Waals surface area contributed by atoms with Crippen molar-refractivity contribution in [2.45, 2.75) is 13.8 Å². The molecule has 0 spiro atoms. The number of hydrogen-bond acceptors (Lipinski definition) is 0. The van der Waals surface area contributed by atoms with Gasteiger partial charge in [-0.1, -0.05) is 29.5 Å². The number of rotatable bonds is 0. The van der Waals surface area contributed by atoms with Gasteiger partial charge in [-0.05, 0) is 31.1 Å². The van der Waals surface area contributed by atoms with E-state index in [9.17, 15) is 0 Å². The number of halogens is 1. The van der Waals surface area contributed by atoms with E-state index in [1.165, 1.54) is 0 Å². The molecule has 0 radical (unpaired) electrons. The van der Waals surface area contributed by atoms with Crippen LogP contribution in [0.3, 0.4) is 0 Å². The van der Waals surface area contributed by atoms with Crippen LogP contribution in [0.1, 0.15) is 13.8 Å². The molecule has 0 aromatic rings. The molecule has 1 aliphatic carbocycles. The van der Waals surface area contributed by atoms with Gasteiger partial charge < -0.3 is 0 Å². The minimum atomic E-state index is 0.681. The van der Waals surface area contributed by atoms with E-state index in [-0.39, 0.29) is 0 Å². The molecular formula is C9H9Cl. The van der Waals surface area contributed by atoms with Crippen molar-refractivity contribution in [3.63, 3.8) is 0 Å². The molecule has 0 atom stereocenters. The van der Waals surface area contributed by atoms with Crippen molar-refractivity contribution >= 4 is 11.6 Å². The van der Waals surface area contributed by atoms with Crippen LogP contribution in [-0.2, 0) is 0 Å². The molecule has 10 heavy (non-hydrogen) atoms. The minimum Gasteiger partial charge on any atom is -0.0973 e. The standard InChI is InChI=1S/C9H9Cl/c1-7-3-4-8(2)6-9(10)5-7/h3-5H,1-2H3. The molecule has 0 N–H and O–H groups in total. The lowest BCUT2D eigenvalue weighted by Crippen LogP contribution is -1.64. The predicted octanol–water partition coefficient (Wildman–Crippen LogP) is 3.17. The van der Waals surface area contributed by atoms with Crippen molar-refractivity contribution in [3.8, 4) is 0 Å². The summed E-state index contributed by atoms with van der Waals surface area (Å²) in [7, 11) is 0. The van der Waals surface area contributed by atoms with E-state index in [1.54, 1.807) is 0 Å². The second-order valence-electron chi connectivity index (χ2n) is 2.38. The summed E-state index contributed by atoms with van der Waals surface area (Å²) < 4.78 is 0. The molecule has 0 amide bonds. The normalized spacial score (nSPS) is 17.3. The summed E-state index contributed by atoms with van der Waals surface area (Å²) in [6.07, 6.45) is 5.92. The van der Waals surface area contributed by atoms with E-state index in [4.69, 9.17) is 11.6 Å². The van der Waals surface area contributed by atoms with Crippen LogP contribution >= 0.6 is 11.6 Å². The summed E-state index contributed by atoms with van der Waals surface area (Å²) in [6, 6.07) is 0. The molecule has 0 fully saturated rings. The highest BCUT2D eigenvalue weighted by Crippen LogP contribution is 2.12. The first-order valence-corrected chi connectivity index (χ1v) is 3.55. The lowest BCUT2D eigenvalue weighted by Gasteiger charge is -1.84. The third-order valence-electron chi connectivity index (χ3n) is 1.27. The molecule has 1 aliphatic rings. The molecule has 0 saturated carbocycles. The Balaban J connectivity index is 3.11. The number of hydrogen-bond donors (Lipinski definition) is 0. The molecule has 0 heterocycles. The quantitative estimate of drug-likeness (QED) is 0.468. The van der Waals surface area contributed by atoms with Crippen LogP contribution in [0, 0.1) is 0 Å². The first-order valence-electron chi connectivity index (χ1n) is 3.18. The summed E-state index contributed by atoms with van der Waals surface area (Å²) in [5.74, 6) is 0. The van der Waals surface area contributed by atoms with Gasteiger partial charge in [0.15, 0.2) is 0 Å². The topological polar surface area (TPSA) is 0 Å². The van der Waals surface area contributed by atoms with Crippen LogP contribution in [0.2, 0.25) is 0 Å². The van der Waals surface area contributed by atoms with Crippen molar-refractivity contribution in [1.82, 2.24) is 0 Å². The summed E-state index contributed by atoms with van der Waals surface area (Å²) in [5.41, 5.74) is 5.24. The van der Waals surface area contributed by atoms with Gasteiger partial charge in [-0.15, -0.1) is 0 Å². The molecule has 0 saturated heterocycles. The average molecular weight is 153 g/mol. The maximum Gasteiger partial charge on any atom is 0.0829 e. The lowest BCUT2D eigenvalue weighted by molar-refractivity contribution is 1.50. The fraction of sp³-hybridized carbons (Fsp3) is 0.222. The van der Waals surface area contributed by atoms with Crippen molar-refractivity contribution in [2.24, 2.45) is 0 Å². The van der Waals surface area contributed by atoms with Crippen LogP contribution in [-0.4, -0.2) is 0 Å². The first-order chi connectivity index (χ1) is 4.68. The monoisotopic (exact) mass is 152 g/mol. The van der Waals surface area contributed by atoms with Crippen LogP contribution in [0.5, 0.6) is 0 Å². The highest BCUT2D eigenvalue weighted by atomic mass is 35.5. The van der Waals surface area contributed by atoms with E-state index in [2.05, 4.69) is 5.73 Å². The Hall–Kier alpha value is -0.710. The molecular weight excluding hydrogens is 144 g/mol. The Labute approximate surface area is 66.2 Å². The zero-order valence-corrected chi connectivity index (χ0v) is 6.87. The summed E-state index contributed by atoms with van der Waals surface area (Å²) >= 11 is 5.78. The maximum atomic E-state index is 5.78. The molecule has 0 unspecified atom stereocenters. The van der Waals surface area contributed by atoms with E-state index in [0.29, 0.717) is 5.03 Å². The smallest absolute Gasteiger partial charge is 0.0829 e. The first kappa shape index (κ1) is 7.40. The van der Waals surface area contributed by atoms with Gasteiger partial charge in [0.2, 0.25) is 0 Å². The molecule has 1 heteroatoms. The summed E-state index contributed by atoms with van der Waals surface area (Å²) in [4.78, 5) is 0. The van der Waals surface area contributed by atoms with E-state index in [0.717, 1.165) is 11.1 Å². The molecule has 0 aliphatic heterocycles. The van der Waals surface area contributed by atoms with E-state index in [1.807, 2.05) is 32.1 Å². The Kier molecular flexibility index (Phi) is 2.16. The second kappa shape index (κ2) is 2.92. The largest absolute Gasteiger partial charge is 0.0973 e. The van der Waals surface area contributed by atoms with Crippen molar-refractivity contribution in [3.05, 3.63) is 40.1 Å². The summed E-state index contributed by atoms with van der Waals surface area (Å²) in [6.45, 7) is 3.99. The van der Waals surface area contributed by atoms with Gasteiger partial charge in [-0.3, -0.25) is 0 Å². The van der Waals surface area contributed by atoms with Gasteiger partial charge in [-0.2, -0.15) is 0 Å². The zero-order chi connectivity index (χ0) is 7.56. The molecule has 0 aromatic carbocycles. The lowest BCUT2D eigenvalue weighted by atomic mass is 10.2. The van der Waals surface area contributed by atoms with Gasteiger partial charge in [-0.25, -0.2) is 0 Å². The fourth-order valence-electron chi connectivity index (χ4n) is 0.771. The van der Waals surface area contributed by atoms with Crippen molar-refractivity contribution < 1.29 is 0 Å². The van der Waals surface area contributed by atoms with Crippen LogP contribution in [0.15, 0.2) is 40.1 Å². The Morgan fingerprint density at radius 3 is 2.70 bits per heavy atom.